The van der Waals surface area contributed by atoms with E-state index in [2.05, 4.69) is 4.98 Å². The minimum atomic E-state index is -0.772. The molecule has 9 nitrogen and oxygen atoms in total. The van der Waals surface area contributed by atoms with Crippen molar-refractivity contribution < 1.29 is 9.59 Å². The quantitative estimate of drug-likeness (QED) is 0.269. The third-order valence-electron chi connectivity index (χ3n) is 3.60. The van der Waals surface area contributed by atoms with Gasteiger partial charge in [0.05, 0.1) is 11.4 Å². The molecular weight excluding hydrogens is 298 g/mol. The predicted molar refractivity (Wildman–Crippen MR) is 88.3 cm³/mol. The molecule has 0 bridgehead atoms. The molecule has 0 saturated carbocycles. The Labute approximate surface area is 130 Å². The molecular formula is C14H15N7O2. The summed E-state index contributed by atoms with van der Waals surface area (Å²) in [4.78, 5) is 25.6. The molecule has 1 aromatic heterocycles. The van der Waals surface area contributed by atoms with Crippen molar-refractivity contribution in [3.05, 3.63) is 36.4 Å². The van der Waals surface area contributed by atoms with Crippen LogP contribution in [0.2, 0.25) is 0 Å². The Hall–Kier alpha value is -3.30. The molecule has 4 amide bonds. The SMILES string of the molecule is NC(=O)N(N)c1ccc2[nH]c3ccc(N(N)C(N)=O)cc3c2c1. The number of carbonyl (C=O) groups excluding carboxylic acids is 2. The summed E-state index contributed by atoms with van der Waals surface area (Å²) in [7, 11) is 0. The van der Waals surface area contributed by atoms with Gasteiger partial charge in [-0.1, -0.05) is 0 Å². The van der Waals surface area contributed by atoms with Gasteiger partial charge in [0.1, 0.15) is 0 Å². The first kappa shape index (κ1) is 14.6. The second-order valence-electron chi connectivity index (χ2n) is 5.00. The summed E-state index contributed by atoms with van der Waals surface area (Å²) in [5.41, 5.74) is 12.9. The van der Waals surface area contributed by atoms with Gasteiger partial charge in [0.15, 0.2) is 0 Å². The molecule has 0 atom stereocenters. The van der Waals surface area contributed by atoms with Crippen molar-refractivity contribution in [1.82, 2.24) is 4.98 Å². The van der Waals surface area contributed by atoms with Crippen LogP contribution in [0.4, 0.5) is 21.0 Å². The van der Waals surface area contributed by atoms with Crippen LogP contribution in [0.3, 0.4) is 0 Å². The van der Waals surface area contributed by atoms with Crippen LogP contribution in [0.15, 0.2) is 36.4 Å². The maximum Gasteiger partial charge on any atom is 0.333 e. The summed E-state index contributed by atoms with van der Waals surface area (Å²) in [5.74, 6) is 11.2. The summed E-state index contributed by atoms with van der Waals surface area (Å²) >= 11 is 0. The summed E-state index contributed by atoms with van der Waals surface area (Å²) in [6, 6.07) is 8.78. The molecule has 0 saturated heterocycles. The lowest BCUT2D eigenvalue weighted by atomic mass is 10.1. The first-order chi connectivity index (χ1) is 10.9. The number of primary amides is 2. The van der Waals surface area contributed by atoms with Crippen LogP contribution >= 0.6 is 0 Å². The van der Waals surface area contributed by atoms with Gasteiger partial charge in [-0.2, -0.15) is 0 Å². The molecule has 23 heavy (non-hydrogen) atoms. The molecule has 3 rings (SSSR count). The van der Waals surface area contributed by atoms with Crippen LogP contribution in [0.25, 0.3) is 21.8 Å². The highest BCUT2D eigenvalue weighted by atomic mass is 16.2. The van der Waals surface area contributed by atoms with Crippen molar-refractivity contribution in [1.29, 1.82) is 0 Å². The second kappa shape index (κ2) is 5.16. The minimum absolute atomic E-state index is 0.441. The molecule has 3 aromatic rings. The predicted octanol–water partition coefficient (Wildman–Crippen LogP) is 0.839. The van der Waals surface area contributed by atoms with Crippen LogP contribution in [-0.4, -0.2) is 17.0 Å². The van der Waals surface area contributed by atoms with Gasteiger partial charge in [-0.25, -0.2) is 31.3 Å². The van der Waals surface area contributed by atoms with Crippen LogP contribution in [0.5, 0.6) is 0 Å². The third-order valence-corrected chi connectivity index (χ3v) is 3.60. The van der Waals surface area contributed by atoms with Gasteiger partial charge in [-0.05, 0) is 36.4 Å². The molecule has 0 aliphatic heterocycles. The fraction of sp³-hybridized carbons (Fsp3) is 0. The van der Waals surface area contributed by atoms with Gasteiger partial charge in [-0.15, -0.1) is 0 Å². The number of hydrogen-bond acceptors (Lipinski definition) is 4. The van der Waals surface area contributed by atoms with Crippen molar-refractivity contribution in [2.24, 2.45) is 23.2 Å². The van der Waals surface area contributed by atoms with E-state index in [9.17, 15) is 9.59 Å². The molecule has 0 fully saturated rings. The minimum Gasteiger partial charge on any atom is -0.355 e. The Morgan fingerprint density at radius 1 is 0.783 bits per heavy atom. The molecule has 0 aliphatic carbocycles. The average Bonchev–Trinajstić information content (AvgIpc) is 2.90. The number of fused-ring (bicyclic) bond motifs is 3. The monoisotopic (exact) mass is 313 g/mol. The Kier molecular flexibility index (Phi) is 3.28. The zero-order valence-corrected chi connectivity index (χ0v) is 12.0. The largest absolute Gasteiger partial charge is 0.355 e. The zero-order valence-electron chi connectivity index (χ0n) is 12.0. The number of amides is 4. The van der Waals surface area contributed by atoms with Gasteiger partial charge in [-0.3, -0.25) is 0 Å². The van der Waals surface area contributed by atoms with Crippen molar-refractivity contribution in [3.8, 4) is 0 Å². The smallest absolute Gasteiger partial charge is 0.333 e. The Morgan fingerprint density at radius 2 is 1.17 bits per heavy atom. The van der Waals surface area contributed by atoms with Gasteiger partial charge >= 0.3 is 12.1 Å². The molecule has 2 aromatic carbocycles. The first-order valence-corrected chi connectivity index (χ1v) is 6.62. The number of carbonyl (C=O) groups is 2. The van der Waals surface area contributed by atoms with Crippen LogP contribution in [-0.2, 0) is 0 Å². The number of nitrogens with two attached hydrogens (primary N) is 4. The van der Waals surface area contributed by atoms with E-state index < -0.39 is 12.1 Å². The number of urea groups is 2. The van der Waals surface area contributed by atoms with E-state index in [0.717, 1.165) is 31.8 Å². The normalized spacial score (nSPS) is 10.9. The van der Waals surface area contributed by atoms with Gasteiger partial charge in [0.25, 0.3) is 0 Å². The average molecular weight is 313 g/mol. The van der Waals surface area contributed by atoms with E-state index in [-0.39, 0.29) is 0 Å². The van der Waals surface area contributed by atoms with Crippen molar-refractivity contribution in [2.45, 2.75) is 0 Å². The molecule has 9 heteroatoms. The van der Waals surface area contributed by atoms with Gasteiger partial charge in [0.2, 0.25) is 0 Å². The lowest BCUT2D eigenvalue weighted by Gasteiger charge is -2.14. The van der Waals surface area contributed by atoms with E-state index >= 15 is 0 Å². The maximum atomic E-state index is 11.2. The highest BCUT2D eigenvalue weighted by Gasteiger charge is 2.13. The summed E-state index contributed by atoms with van der Waals surface area (Å²) in [6.45, 7) is 0. The number of nitrogens with one attached hydrogen (secondary N) is 1. The van der Waals surface area contributed by atoms with Crippen LogP contribution in [0, 0.1) is 0 Å². The van der Waals surface area contributed by atoms with Crippen LogP contribution < -0.4 is 33.2 Å². The molecule has 0 spiro atoms. The van der Waals surface area contributed by atoms with E-state index in [0.29, 0.717) is 11.4 Å². The fourth-order valence-corrected chi connectivity index (χ4v) is 2.43. The molecule has 0 aliphatic rings. The molecule has 0 radical (unpaired) electrons. The summed E-state index contributed by atoms with van der Waals surface area (Å²) in [6.07, 6.45) is 0. The van der Waals surface area contributed by atoms with E-state index in [1.54, 1.807) is 36.4 Å². The lowest BCUT2D eigenvalue weighted by Crippen LogP contribution is -2.41. The van der Waals surface area contributed by atoms with Crippen molar-refractivity contribution in [2.75, 3.05) is 10.0 Å². The Balaban J connectivity index is 2.20. The molecule has 1 heterocycles. The highest BCUT2D eigenvalue weighted by Crippen LogP contribution is 2.31. The lowest BCUT2D eigenvalue weighted by molar-refractivity contribution is 0.253. The summed E-state index contributed by atoms with van der Waals surface area (Å²) < 4.78 is 0. The van der Waals surface area contributed by atoms with Gasteiger partial charge in [0, 0.05) is 21.8 Å². The summed E-state index contributed by atoms with van der Waals surface area (Å²) in [5, 5.41) is 3.30. The maximum absolute atomic E-state index is 11.2. The number of hydrazine groups is 2. The van der Waals surface area contributed by atoms with Crippen molar-refractivity contribution in [3.63, 3.8) is 0 Å². The standard InChI is InChI=1S/C14H15N7O2/c15-13(22)20(17)7-1-3-11-9(5-7)10-6-8(21(18)14(16)23)2-4-12(10)19-11/h1-6,19H,17-18H2,(H2,15,22)(H2,16,23). The topological polar surface area (TPSA) is 160 Å². The number of H-pyrrole nitrogens is 1. The Bertz CT molecular complexity index is 859. The number of rotatable bonds is 2. The number of benzene rings is 2. The number of aromatic amines is 1. The fourth-order valence-electron chi connectivity index (χ4n) is 2.43. The molecule has 0 unspecified atom stereocenters. The Morgan fingerprint density at radius 3 is 1.52 bits per heavy atom. The van der Waals surface area contributed by atoms with E-state index in [4.69, 9.17) is 23.2 Å². The second-order valence-corrected chi connectivity index (χ2v) is 5.00. The van der Waals surface area contributed by atoms with E-state index in [1.165, 1.54) is 0 Å². The van der Waals surface area contributed by atoms with Crippen LogP contribution in [0.1, 0.15) is 0 Å². The molecule has 118 valence electrons. The first-order valence-electron chi connectivity index (χ1n) is 6.62. The zero-order chi connectivity index (χ0) is 16.7. The number of anilines is 2. The van der Waals surface area contributed by atoms with E-state index in [1.807, 2.05) is 0 Å². The van der Waals surface area contributed by atoms with Gasteiger partial charge < -0.3 is 16.5 Å². The third kappa shape index (κ3) is 2.39. The number of nitrogens with zero attached hydrogens (tertiary/aromatic N) is 2. The molecule has 9 N–H and O–H groups in total. The number of aromatic nitrogens is 1. The van der Waals surface area contributed by atoms with Crippen molar-refractivity contribution >= 4 is 45.2 Å². The number of hydrogen-bond donors (Lipinski definition) is 5. The highest BCUT2D eigenvalue weighted by molar-refractivity contribution is 6.10.